The molecule has 27 rings (SSSR count). The van der Waals surface area contributed by atoms with Gasteiger partial charge in [-0.2, -0.15) is 5.26 Å². The number of furan rings is 3. The zero-order valence-corrected chi connectivity index (χ0v) is 72.3. The van der Waals surface area contributed by atoms with Crippen LogP contribution in [0.1, 0.15) is 5.56 Å². The molecule has 0 amide bonds. The highest BCUT2D eigenvalue weighted by Crippen LogP contribution is 2.45. The summed E-state index contributed by atoms with van der Waals surface area (Å²) in [6.07, 6.45) is 11.0. The molecule has 9 aromatic heterocycles. The zero-order valence-electron chi connectivity index (χ0n) is 72.3. The molecule has 0 aliphatic carbocycles. The quantitative estimate of drug-likeness (QED) is 0.106. The van der Waals surface area contributed by atoms with Gasteiger partial charge >= 0.3 is 0 Å². The van der Waals surface area contributed by atoms with Crippen LogP contribution in [0.25, 0.3) is 266 Å². The van der Waals surface area contributed by atoms with Crippen LogP contribution in [-0.2, 0) is 0 Å². The van der Waals surface area contributed by atoms with Crippen LogP contribution in [0, 0.1) is 11.3 Å². The summed E-state index contributed by atoms with van der Waals surface area (Å²) in [6, 6.07) is 140. The minimum Gasteiger partial charge on any atom is -0.456 e. The van der Waals surface area contributed by atoms with Crippen molar-refractivity contribution in [2.45, 2.75) is 0 Å². The second kappa shape index (κ2) is 33.1. The Morgan fingerprint density at radius 3 is 0.881 bits per heavy atom. The van der Waals surface area contributed by atoms with Crippen molar-refractivity contribution in [1.29, 1.82) is 5.26 Å². The third kappa shape index (κ3) is 14.5. The molecule has 13 nitrogen and oxygen atoms in total. The highest BCUT2D eigenvalue weighted by atomic mass is 16.3. The molecule has 0 N–H and O–H groups in total. The van der Waals surface area contributed by atoms with E-state index in [-0.39, 0.29) is 0 Å². The van der Waals surface area contributed by atoms with Crippen molar-refractivity contribution in [3.05, 3.63) is 443 Å². The van der Waals surface area contributed by atoms with Gasteiger partial charge in [-0.15, -0.1) is 0 Å². The van der Waals surface area contributed by atoms with Gasteiger partial charge in [0.2, 0.25) is 0 Å². The summed E-state index contributed by atoms with van der Waals surface area (Å²) in [6.45, 7) is 0. The van der Waals surface area contributed by atoms with E-state index < -0.39 is 0 Å². The molecule has 0 saturated carbocycles. The number of benzene rings is 18. The molecule has 9 heterocycles. The van der Waals surface area contributed by atoms with E-state index in [2.05, 4.69) is 276 Å². The average molecular weight is 1730 g/mol. The maximum Gasteiger partial charge on any atom is 0.160 e. The minimum absolute atomic E-state index is 0.608. The van der Waals surface area contributed by atoms with Crippen LogP contribution in [0.2, 0.25) is 0 Å². The van der Waals surface area contributed by atoms with Crippen molar-refractivity contribution in [3.63, 3.8) is 0 Å². The second-order valence-electron chi connectivity index (χ2n) is 33.8. The Morgan fingerprint density at radius 1 is 0.185 bits per heavy atom. The summed E-state index contributed by atoms with van der Waals surface area (Å²) in [5.74, 6) is 1.98. The number of hydrogen-bond donors (Lipinski definition) is 0. The molecular formula is C122H72N10O3. The molecule has 0 fully saturated rings. The Labute approximate surface area is 773 Å². The van der Waals surface area contributed by atoms with E-state index in [9.17, 15) is 5.26 Å². The van der Waals surface area contributed by atoms with E-state index >= 15 is 0 Å². The van der Waals surface area contributed by atoms with Gasteiger partial charge in [0.25, 0.3) is 0 Å². The predicted molar refractivity (Wildman–Crippen MR) is 547 cm³/mol. The van der Waals surface area contributed by atoms with Gasteiger partial charge in [0.1, 0.15) is 33.5 Å². The molecule has 0 unspecified atom stereocenters. The SMILES string of the molecule is N#Cc1ccc(-c2cc(-c3ccc4oc5ccccc5c4c3)nc(-c3ccc(-c4cccnc4)cc3)n2)cc1.c1cncc(-c2ccc(-c3nc(-c4ccc5oc6ccccc6c5c4)cc(-c4ccc5c6ccccc6c6ccccc6c5c4)n3)cc2)c1.c1cncc(-c2ccc(-c3nc(-c4ccc5oc6ccccc6c5c4)cc(-c4ccc5ccc6cccc7ccc4c5c67)n3)cc2)c1. The monoisotopic (exact) mass is 1720 g/mol. The largest absolute Gasteiger partial charge is 0.456 e. The molecule has 27 aromatic rings. The summed E-state index contributed by atoms with van der Waals surface area (Å²) in [7, 11) is 0. The number of fused-ring (bicyclic) bond motifs is 15. The first-order valence-corrected chi connectivity index (χ1v) is 44.7. The molecule has 13 heteroatoms. The Kier molecular flexibility index (Phi) is 19.3. The van der Waals surface area contributed by atoms with Crippen LogP contribution in [0.15, 0.2) is 451 Å². The van der Waals surface area contributed by atoms with Gasteiger partial charge in [-0.05, 0) is 225 Å². The van der Waals surface area contributed by atoms with E-state index in [1.54, 1.807) is 18.6 Å². The van der Waals surface area contributed by atoms with Gasteiger partial charge in [-0.25, -0.2) is 29.9 Å². The zero-order chi connectivity index (χ0) is 89.4. The van der Waals surface area contributed by atoms with Crippen LogP contribution in [0.3, 0.4) is 0 Å². The van der Waals surface area contributed by atoms with Crippen LogP contribution < -0.4 is 0 Å². The lowest BCUT2D eigenvalue weighted by Gasteiger charge is -2.15. The van der Waals surface area contributed by atoms with Gasteiger partial charge in [-0.1, -0.05) is 273 Å². The Bertz CT molecular complexity index is 9310. The van der Waals surface area contributed by atoms with E-state index in [1.165, 1.54) is 64.6 Å². The van der Waals surface area contributed by atoms with Crippen molar-refractivity contribution in [2.75, 3.05) is 0 Å². The van der Waals surface area contributed by atoms with E-state index in [0.29, 0.717) is 23.0 Å². The fraction of sp³-hybridized carbons (Fsp3) is 0. The molecule has 0 bridgehead atoms. The first kappa shape index (κ1) is 78.6. The lowest BCUT2D eigenvalue weighted by atomic mass is 9.91. The maximum atomic E-state index is 9.25. The number of nitrogens with zero attached hydrogens (tertiary/aromatic N) is 10. The average Bonchev–Trinajstić information content (AvgIpc) is 0.880. The van der Waals surface area contributed by atoms with Crippen molar-refractivity contribution in [1.82, 2.24) is 44.9 Å². The lowest BCUT2D eigenvalue weighted by molar-refractivity contribution is 0.668. The van der Waals surface area contributed by atoms with Crippen LogP contribution >= 0.6 is 0 Å². The Morgan fingerprint density at radius 2 is 0.481 bits per heavy atom. The van der Waals surface area contributed by atoms with Crippen LogP contribution in [-0.4, -0.2) is 44.9 Å². The third-order valence-corrected chi connectivity index (χ3v) is 25.8. The fourth-order valence-electron chi connectivity index (χ4n) is 19.0. The molecule has 135 heavy (non-hydrogen) atoms. The Balaban J connectivity index is 0.000000109. The van der Waals surface area contributed by atoms with Gasteiger partial charge in [0.05, 0.1) is 45.8 Å². The molecule has 628 valence electrons. The predicted octanol–water partition coefficient (Wildman–Crippen LogP) is 31.5. The van der Waals surface area contributed by atoms with Gasteiger partial charge < -0.3 is 13.3 Å². The van der Waals surface area contributed by atoms with Gasteiger partial charge in [0.15, 0.2) is 17.5 Å². The molecule has 0 spiro atoms. The van der Waals surface area contributed by atoms with E-state index in [1.807, 2.05) is 164 Å². The number of nitriles is 1. The normalized spacial score (nSPS) is 11.5. The summed E-state index contributed by atoms with van der Waals surface area (Å²) >= 11 is 0. The highest BCUT2D eigenvalue weighted by molar-refractivity contribution is 6.27. The fourth-order valence-corrected chi connectivity index (χ4v) is 19.0. The van der Waals surface area contributed by atoms with Crippen molar-refractivity contribution >= 4 is 130 Å². The molecule has 0 aliphatic heterocycles. The standard InChI is InChI=1S/C45H27N3O.C43H25N3O.C34H20N4O/c1-2-11-35-33(9-1)34-10-3-4-12-36(34)39-24-30(19-21-37(35)39)41-26-42(31-20-22-44-40(25-31)38-13-5-6-14-43(38)49-44)48-45(47-41)29-17-15-28(16-18-29)32-8-7-23-46-27-32;1-2-9-39-34(8-1)36-23-31(18-21-40(36)47-39)37-24-38(46-43(45-37)30-14-10-26(11-15-30)32-7-4-22-44-25-32)33-19-16-29-13-12-27-5-3-6-28-17-20-35(33)42(29)41(27)28;35-20-22-7-9-24(10-8-22)30-19-31(26-15-16-33-29(18-26)28-5-1-2-6-32(28)39-33)38-34(37-30)25-13-11-23(12-14-25)27-4-3-17-36-21-27/h1-27H;1-25H;1-19,21H. The van der Waals surface area contributed by atoms with E-state index in [4.69, 9.17) is 43.2 Å². The number of para-hydroxylation sites is 3. The smallest absolute Gasteiger partial charge is 0.160 e. The summed E-state index contributed by atoms with van der Waals surface area (Å²) in [4.78, 5) is 43.6. The van der Waals surface area contributed by atoms with Crippen molar-refractivity contribution in [2.24, 2.45) is 0 Å². The van der Waals surface area contributed by atoms with E-state index in [0.717, 1.165) is 183 Å². The molecule has 18 aromatic carbocycles. The van der Waals surface area contributed by atoms with Crippen molar-refractivity contribution in [3.8, 4) is 141 Å². The molecule has 0 saturated heterocycles. The topological polar surface area (TPSA) is 179 Å². The number of aromatic nitrogens is 9. The molecular weight excluding hydrogens is 1650 g/mol. The highest BCUT2D eigenvalue weighted by Gasteiger charge is 2.23. The Hall–Kier alpha value is -18.6. The first-order chi connectivity index (χ1) is 66.8. The van der Waals surface area contributed by atoms with Crippen LogP contribution in [0.5, 0.6) is 0 Å². The summed E-state index contributed by atoms with van der Waals surface area (Å²) in [5, 5.41) is 30.6. The van der Waals surface area contributed by atoms with Gasteiger partial charge in [0, 0.05) is 120 Å². The van der Waals surface area contributed by atoms with Crippen molar-refractivity contribution < 1.29 is 13.3 Å². The molecule has 0 aliphatic rings. The number of rotatable bonds is 12. The second-order valence-corrected chi connectivity index (χ2v) is 33.8. The molecule has 0 atom stereocenters. The lowest BCUT2D eigenvalue weighted by Crippen LogP contribution is -1.97. The third-order valence-electron chi connectivity index (χ3n) is 25.8. The minimum atomic E-state index is 0.608. The summed E-state index contributed by atoms with van der Waals surface area (Å²) < 4.78 is 18.3. The first-order valence-electron chi connectivity index (χ1n) is 44.7. The van der Waals surface area contributed by atoms with Crippen LogP contribution in [0.4, 0.5) is 0 Å². The number of hydrogen-bond acceptors (Lipinski definition) is 13. The summed E-state index contributed by atoms with van der Waals surface area (Å²) in [5.41, 5.74) is 26.2. The molecule has 0 radical (unpaired) electrons. The van der Waals surface area contributed by atoms with Gasteiger partial charge in [-0.3, -0.25) is 15.0 Å². The maximum absolute atomic E-state index is 9.25. The number of pyridine rings is 3.